The third-order valence-corrected chi connectivity index (χ3v) is 6.77. The Bertz CT molecular complexity index is 1760. The van der Waals surface area contributed by atoms with E-state index in [1.165, 1.54) is 0 Å². The Labute approximate surface area is 217 Å². The van der Waals surface area contributed by atoms with Crippen molar-refractivity contribution in [1.29, 1.82) is 0 Å². The minimum atomic E-state index is -0.245. The molecule has 0 spiro atoms. The van der Waals surface area contributed by atoms with Crippen LogP contribution in [0.25, 0.3) is 11.3 Å². The molecule has 0 N–H and O–H groups in total. The molecule has 2 aromatic carbocycles. The second kappa shape index (κ2) is 8.53. The molecule has 0 radical (unpaired) electrons. The van der Waals surface area contributed by atoms with Gasteiger partial charge in [0.1, 0.15) is 6.33 Å². The number of benzene rings is 2. The molecule has 6 aromatic rings. The maximum absolute atomic E-state index is 6.46. The van der Waals surface area contributed by atoms with E-state index >= 15 is 0 Å². The first kappa shape index (κ1) is 21.7. The first-order valence-corrected chi connectivity index (χ1v) is 12.2. The van der Waals surface area contributed by atoms with Gasteiger partial charge in [-0.1, -0.05) is 54.1 Å². The molecular formula is C28H20ClN7O. The largest absolute Gasteiger partial charge is 0.420 e. The summed E-state index contributed by atoms with van der Waals surface area (Å²) < 4.78 is 9.96. The molecule has 1 atom stereocenters. The van der Waals surface area contributed by atoms with Crippen molar-refractivity contribution in [3.8, 4) is 17.4 Å². The highest BCUT2D eigenvalue weighted by Crippen LogP contribution is 2.49. The second-order valence-electron chi connectivity index (χ2n) is 8.94. The van der Waals surface area contributed by atoms with Gasteiger partial charge < -0.3 is 4.74 Å². The molecule has 5 heterocycles. The van der Waals surface area contributed by atoms with Crippen LogP contribution < -0.4 is 4.74 Å². The van der Waals surface area contributed by atoms with Gasteiger partial charge in [0, 0.05) is 23.8 Å². The molecule has 0 saturated heterocycles. The van der Waals surface area contributed by atoms with Crippen LogP contribution in [0.15, 0.2) is 85.5 Å². The van der Waals surface area contributed by atoms with Crippen LogP contribution >= 0.6 is 11.6 Å². The number of hydrogen-bond donors (Lipinski definition) is 0. The van der Waals surface area contributed by atoms with Crippen LogP contribution in [-0.4, -0.2) is 34.3 Å². The Balaban J connectivity index is 1.44. The van der Waals surface area contributed by atoms with Gasteiger partial charge in [0.25, 0.3) is 0 Å². The standard InChI is InChI=1S/C28H20ClN7O/c1-17-23-24(19-9-6-12-30-15-19)25-26-32-22(13-18-7-3-2-4-8-18)34-35(26)16-31-27(25)37-28(23)36(33-17)21-11-5-10-20(29)14-21/h2-12,14-16,24H,13H2,1H3/t24-/m0/s1. The van der Waals surface area contributed by atoms with Crippen molar-refractivity contribution in [3.05, 3.63) is 124 Å². The number of aromatic nitrogens is 7. The van der Waals surface area contributed by atoms with Crippen molar-refractivity contribution in [3.63, 3.8) is 0 Å². The van der Waals surface area contributed by atoms with Crippen LogP contribution in [0, 0.1) is 6.92 Å². The summed E-state index contributed by atoms with van der Waals surface area (Å²) in [5.41, 5.74) is 6.24. The molecule has 37 heavy (non-hydrogen) atoms. The van der Waals surface area contributed by atoms with Gasteiger partial charge in [-0.25, -0.2) is 19.2 Å². The number of halogens is 1. The highest BCUT2D eigenvalue weighted by Gasteiger charge is 2.38. The number of pyridine rings is 1. The lowest BCUT2D eigenvalue weighted by Gasteiger charge is -2.26. The van der Waals surface area contributed by atoms with Gasteiger partial charge in [-0.3, -0.25) is 4.98 Å². The molecule has 8 nitrogen and oxygen atoms in total. The zero-order valence-corrected chi connectivity index (χ0v) is 20.5. The summed E-state index contributed by atoms with van der Waals surface area (Å²) in [5, 5.41) is 10.2. The number of hydrogen-bond acceptors (Lipinski definition) is 6. The molecule has 9 heteroatoms. The smallest absolute Gasteiger partial charge is 0.230 e. The van der Waals surface area contributed by atoms with E-state index in [-0.39, 0.29) is 5.92 Å². The third-order valence-electron chi connectivity index (χ3n) is 6.54. The third kappa shape index (κ3) is 3.65. The van der Waals surface area contributed by atoms with E-state index in [0.29, 0.717) is 34.7 Å². The summed E-state index contributed by atoms with van der Waals surface area (Å²) in [6.45, 7) is 1.98. The van der Waals surface area contributed by atoms with Crippen molar-refractivity contribution in [2.24, 2.45) is 0 Å². The molecule has 1 aliphatic rings. The molecule has 7 rings (SSSR count). The molecule has 0 fully saturated rings. The monoisotopic (exact) mass is 505 g/mol. The Morgan fingerprint density at radius 3 is 2.68 bits per heavy atom. The van der Waals surface area contributed by atoms with Crippen LogP contribution in [-0.2, 0) is 6.42 Å². The predicted molar refractivity (Wildman–Crippen MR) is 139 cm³/mol. The fraction of sp³-hybridized carbons (Fsp3) is 0.107. The fourth-order valence-corrected chi connectivity index (χ4v) is 5.12. The quantitative estimate of drug-likeness (QED) is 0.312. The highest BCUT2D eigenvalue weighted by atomic mass is 35.5. The Morgan fingerprint density at radius 1 is 0.973 bits per heavy atom. The molecule has 0 saturated carbocycles. The summed E-state index contributed by atoms with van der Waals surface area (Å²) in [7, 11) is 0. The van der Waals surface area contributed by atoms with E-state index < -0.39 is 0 Å². The van der Waals surface area contributed by atoms with Gasteiger partial charge in [-0.2, -0.15) is 5.10 Å². The van der Waals surface area contributed by atoms with Crippen LogP contribution in [0.1, 0.15) is 39.7 Å². The fourth-order valence-electron chi connectivity index (χ4n) is 4.94. The van der Waals surface area contributed by atoms with E-state index in [0.717, 1.165) is 33.6 Å². The average Bonchev–Trinajstić information content (AvgIpc) is 3.49. The van der Waals surface area contributed by atoms with Gasteiger partial charge in [0.2, 0.25) is 11.8 Å². The molecule has 1 aliphatic heterocycles. The average molecular weight is 506 g/mol. The lowest BCUT2D eigenvalue weighted by molar-refractivity contribution is 0.402. The van der Waals surface area contributed by atoms with E-state index in [4.69, 9.17) is 31.5 Å². The predicted octanol–water partition coefficient (Wildman–Crippen LogP) is 5.54. The second-order valence-corrected chi connectivity index (χ2v) is 9.38. The van der Waals surface area contributed by atoms with Crippen molar-refractivity contribution in [2.45, 2.75) is 19.3 Å². The molecule has 180 valence electrons. The van der Waals surface area contributed by atoms with Crippen molar-refractivity contribution in [1.82, 2.24) is 34.3 Å². The zero-order chi connectivity index (χ0) is 24.9. The normalized spacial score (nSPS) is 14.3. The van der Waals surface area contributed by atoms with E-state index in [1.54, 1.807) is 21.7 Å². The SMILES string of the molecule is Cc1nn(-c2cccc(Cl)c2)c2c1[C@H](c1cccnc1)c1c(ncn3nc(Cc4ccccc4)nc13)O2. The van der Waals surface area contributed by atoms with Gasteiger partial charge in [0.05, 0.1) is 28.4 Å². The topological polar surface area (TPSA) is 83.0 Å². The maximum atomic E-state index is 6.46. The van der Waals surface area contributed by atoms with Crippen LogP contribution in [0.5, 0.6) is 11.8 Å². The summed E-state index contributed by atoms with van der Waals surface area (Å²) in [6, 6.07) is 21.7. The first-order chi connectivity index (χ1) is 18.2. The van der Waals surface area contributed by atoms with E-state index in [1.807, 2.05) is 61.7 Å². The van der Waals surface area contributed by atoms with Gasteiger partial charge in [0.15, 0.2) is 11.5 Å². The summed E-state index contributed by atoms with van der Waals surface area (Å²) in [4.78, 5) is 14.0. The Hall–Kier alpha value is -4.56. The minimum absolute atomic E-state index is 0.245. The number of ether oxygens (including phenoxy) is 1. The first-order valence-electron chi connectivity index (χ1n) is 11.9. The molecule has 4 aromatic heterocycles. The Kier molecular flexibility index (Phi) is 5.00. The summed E-state index contributed by atoms with van der Waals surface area (Å²) in [5.74, 6) is 1.53. The van der Waals surface area contributed by atoms with E-state index in [2.05, 4.69) is 28.2 Å². The molecule has 0 amide bonds. The Morgan fingerprint density at radius 2 is 1.86 bits per heavy atom. The minimum Gasteiger partial charge on any atom is -0.420 e. The lowest BCUT2D eigenvalue weighted by atomic mass is 9.85. The zero-order valence-electron chi connectivity index (χ0n) is 19.8. The van der Waals surface area contributed by atoms with Gasteiger partial charge >= 0.3 is 0 Å². The van der Waals surface area contributed by atoms with Gasteiger partial charge in [-0.05, 0) is 42.3 Å². The van der Waals surface area contributed by atoms with Crippen molar-refractivity contribution in [2.75, 3.05) is 0 Å². The number of fused-ring (bicyclic) bond motifs is 4. The molecule has 0 aliphatic carbocycles. The number of rotatable bonds is 4. The number of nitrogens with zero attached hydrogens (tertiary/aromatic N) is 7. The maximum Gasteiger partial charge on any atom is 0.230 e. The molecule has 0 bridgehead atoms. The van der Waals surface area contributed by atoms with E-state index in [9.17, 15) is 0 Å². The van der Waals surface area contributed by atoms with Gasteiger partial charge in [-0.15, -0.1) is 5.10 Å². The van der Waals surface area contributed by atoms with Crippen molar-refractivity contribution >= 4 is 17.2 Å². The molecule has 0 unspecified atom stereocenters. The van der Waals surface area contributed by atoms with Crippen molar-refractivity contribution < 1.29 is 4.74 Å². The molecular weight excluding hydrogens is 486 g/mol. The van der Waals surface area contributed by atoms with Crippen LogP contribution in [0.4, 0.5) is 0 Å². The highest BCUT2D eigenvalue weighted by molar-refractivity contribution is 6.30. The summed E-state index contributed by atoms with van der Waals surface area (Å²) in [6.07, 6.45) is 5.89. The number of aryl methyl sites for hydroxylation is 1. The van der Waals surface area contributed by atoms with Crippen LogP contribution in [0.2, 0.25) is 5.02 Å². The van der Waals surface area contributed by atoms with Crippen LogP contribution in [0.3, 0.4) is 0 Å². The summed E-state index contributed by atoms with van der Waals surface area (Å²) >= 11 is 6.30. The lowest BCUT2D eigenvalue weighted by Crippen LogP contribution is -2.16.